The van der Waals surface area contributed by atoms with Crippen LogP contribution in [0.3, 0.4) is 0 Å². The van der Waals surface area contributed by atoms with E-state index in [0.717, 1.165) is 49.9 Å². The van der Waals surface area contributed by atoms with Gasteiger partial charge in [0.2, 0.25) is 15.9 Å². The van der Waals surface area contributed by atoms with E-state index in [4.69, 9.17) is 5.73 Å². The third kappa shape index (κ3) is 5.13. The zero-order valence-electron chi connectivity index (χ0n) is 18.9. The monoisotopic (exact) mass is 488 g/mol. The van der Waals surface area contributed by atoms with Crippen LogP contribution in [0.15, 0.2) is 47.4 Å². The van der Waals surface area contributed by atoms with Gasteiger partial charge in [-0.05, 0) is 62.1 Å². The zero-order chi connectivity index (χ0) is 24.3. The van der Waals surface area contributed by atoms with Crippen molar-refractivity contribution in [2.24, 2.45) is 5.73 Å². The molecule has 2 fully saturated rings. The number of amides is 2. The van der Waals surface area contributed by atoms with Crippen molar-refractivity contribution < 1.29 is 22.4 Å². The molecule has 3 N–H and O–H groups in total. The highest BCUT2D eigenvalue weighted by atomic mass is 32.2. The van der Waals surface area contributed by atoms with Crippen molar-refractivity contribution in [2.45, 2.75) is 49.6 Å². The Morgan fingerprint density at radius 2 is 1.76 bits per heavy atom. The Bertz CT molecular complexity index is 1180. The fourth-order valence-electron chi connectivity index (χ4n) is 4.62. The first kappa shape index (κ1) is 24.3. The highest BCUT2D eigenvalue weighted by Crippen LogP contribution is 2.26. The molecule has 2 saturated heterocycles. The number of carbonyl (C=O) groups excluding carboxylic acids is 2. The molecule has 0 aromatic heterocycles. The Labute approximate surface area is 199 Å². The van der Waals surface area contributed by atoms with Gasteiger partial charge < -0.3 is 11.1 Å². The van der Waals surface area contributed by atoms with E-state index in [-0.39, 0.29) is 17.5 Å². The highest BCUT2D eigenvalue weighted by Gasteiger charge is 2.31. The van der Waals surface area contributed by atoms with Gasteiger partial charge in [-0.25, -0.2) is 12.8 Å². The molecule has 182 valence electrons. The van der Waals surface area contributed by atoms with Gasteiger partial charge >= 0.3 is 0 Å². The average Bonchev–Trinajstić information content (AvgIpc) is 3.29. The second-order valence-corrected chi connectivity index (χ2v) is 10.7. The van der Waals surface area contributed by atoms with Gasteiger partial charge in [0.1, 0.15) is 10.7 Å². The lowest BCUT2D eigenvalue weighted by atomic mass is 10.1. The number of nitrogens with zero attached hydrogens (tertiary/aromatic N) is 2. The molecule has 2 amide bonds. The molecule has 2 aliphatic heterocycles. The number of carbonyl (C=O) groups is 2. The van der Waals surface area contributed by atoms with Gasteiger partial charge in [-0.1, -0.05) is 24.6 Å². The van der Waals surface area contributed by atoms with Crippen molar-refractivity contribution in [3.05, 3.63) is 59.4 Å². The van der Waals surface area contributed by atoms with Crippen LogP contribution < -0.4 is 11.1 Å². The van der Waals surface area contributed by atoms with Crippen LogP contribution in [-0.2, 0) is 21.4 Å². The number of anilines is 1. The molecule has 2 aromatic carbocycles. The number of sulfonamides is 1. The molecule has 34 heavy (non-hydrogen) atoms. The van der Waals surface area contributed by atoms with Gasteiger partial charge in [-0.15, -0.1) is 0 Å². The van der Waals surface area contributed by atoms with Gasteiger partial charge in [0, 0.05) is 30.9 Å². The summed E-state index contributed by atoms with van der Waals surface area (Å²) in [7, 11) is -4.03. The normalized spacial score (nSPS) is 19.7. The lowest BCUT2D eigenvalue weighted by molar-refractivity contribution is -0.122. The minimum Gasteiger partial charge on any atom is -0.368 e. The maximum absolute atomic E-state index is 14.5. The maximum Gasteiger partial charge on any atom is 0.255 e. The van der Waals surface area contributed by atoms with Gasteiger partial charge in [-0.2, -0.15) is 4.31 Å². The number of halogens is 1. The summed E-state index contributed by atoms with van der Waals surface area (Å²) in [6.07, 6.45) is 3.96. The summed E-state index contributed by atoms with van der Waals surface area (Å²) >= 11 is 0. The summed E-state index contributed by atoms with van der Waals surface area (Å²) in [6.45, 7) is 1.84. The quantitative estimate of drug-likeness (QED) is 0.622. The molecule has 2 heterocycles. The minimum atomic E-state index is -4.03. The molecular weight excluding hydrogens is 459 g/mol. The SMILES string of the molecule is NC(=O)C1CCCN1Cc1ccccc1NC(=O)c1ccc(F)c(S(=O)(=O)N2CCCCC2)c1. The van der Waals surface area contributed by atoms with Crippen molar-refractivity contribution in [1.29, 1.82) is 0 Å². The molecule has 2 aliphatic rings. The average molecular weight is 489 g/mol. The number of para-hydroxylation sites is 1. The van der Waals surface area contributed by atoms with Crippen LogP contribution in [0.5, 0.6) is 0 Å². The van der Waals surface area contributed by atoms with Crippen LogP contribution in [0.4, 0.5) is 10.1 Å². The number of hydrogen-bond donors (Lipinski definition) is 2. The largest absolute Gasteiger partial charge is 0.368 e. The van der Waals surface area contributed by atoms with Crippen LogP contribution in [0, 0.1) is 5.82 Å². The van der Waals surface area contributed by atoms with E-state index in [1.807, 2.05) is 17.0 Å². The topological polar surface area (TPSA) is 113 Å². The van der Waals surface area contributed by atoms with Crippen LogP contribution >= 0.6 is 0 Å². The molecule has 0 saturated carbocycles. The Kier molecular flexibility index (Phi) is 7.30. The molecule has 8 nitrogen and oxygen atoms in total. The van der Waals surface area contributed by atoms with Gasteiger partial charge in [0.25, 0.3) is 5.91 Å². The summed E-state index contributed by atoms with van der Waals surface area (Å²) in [4.78, 5) is 26.2. The summed E-state index contributed by atoms with van der Waals surface area (Å²) in [5.41, 5.74) is 6.90. The molecule has 1 unspecified atom stereocenters. The van der Waals surface area contributed by atoms with Crippen LogP contribution in [0.25, 0.3) is 0 Å². The summed E-state index contributed by atoms with van der Waals surface area (Å²) in [5, 5.41) is 2.81. The first-order chi connectivity index (χ1) is 16.3. The van der Waals surface area contributed by atoms with Crippen molar-refractivity contribution in [2.75, 3.05) is 25.0 Å². The number of likely N-dealkylation sites (tertiary alicyclic amines) is 1. The Balaban J connectivity index is 1.55. The number of nitrogens with one attached hydrogen (secondary N) is 1. The second kappa shape index (κ2) is 10.2. The first-order valence-corrected chi connectivity index (χ1v) is 12.9. The second-order valence-electron chi connectivity index (χ2n) is 8.75. The summed E-state index contributed by atoms with van der Waals surface area (Å²) in [5.74, 6) is -1.79. The summed E-state index contributed by atoms with van der Waals surface area (Å²) < 4.78 is 41.8. The Hall–Kier alpha value is -2.82. The standard InChI is InChI=1S/C24H29FN4O4S/c25-19-11-10-17(15-22(19)34(32,33)29-13-4-1-5-14-29)24(31)27-20-8-3-2-7-18(20)16-28-12-6-9-21(28)23(26)30/h2-3,7-8,10-11,15,21H,1,4-6,9,12-14,16H2,(H2,26,30)(H,27,31). The third-order valence-electron chi connectivity index (χ3n) is 6.46. The van der Waals surface area contributed by atoms with Gasteiger partial charge in [0.15, 0.2) is 0 Å². The molecule has 4 rings (SSSR count). The van der Waals surface area contributed by atoms with E-state index in [9.17, 15) is 22.4 Å². The lowest BCUT2D eigenvalue weighted by Gasteiger charge is -2.26. The predicted molar refractivity (Wildman–Crippen MR) is 126 cm³/mol. The van der Waals surface area contributed by atoms with Crippen molar-refractivity contribution in [1.82, 2.24) is 9.21 Å². The number of benzene rings is 2. The van der Waals surface area contributed by atoms with E-state index >= 15 is 0 Å². The van der Waals surface area contributed by atoms with Crippen LogP contribution in [0.2, 0.25) is 0 Å². The molecule has 1 atom stereocenters. The summed E-state index contributed by atoms with van der Waals surface area (Å²) in [6, 6.07) is 10.2. The molecule has 10 heteroatoms. The number of hydrogen-bond acceptors (Lipinski definition) is 5. The predicted octanol–water partition coefficient (Wildman–Crippen LogP) is 2.70. The van der Waals surface area contributed by atoms with E-state index in [1.54, 1.807) is 12.1 Å². The molecule has 0 bridgehead atoms. The number of piperidine rings is 1. The van der Waals surface area contributed by atoms with Crippen LogP contribution in [-0.4, -0.2) is 55.1 Å². The lowest BCUT2D eigenvalue weighted by Crippen LogP contribution is -2.39. The van der Waals surface area contributed by atoms with Crippen molar-refractivity contribution >= 4 is 27.5 Å². The fourth-order valence-corrected chi connectivity index (χ4v) is 6.23. The van der Waals surface area contributed by atoms with Crippen LogP contribution in [0.1, 0.15) is 48.0 Å². The van der Waals surface area contributed by atoms with Crippen molar-refractivity contribution in [3.63, 3.8) is 0 Å². The highest BCUT2D eigenvalue weighted by molar-refractivity contribution is 7.89. The van der Waals surface area contributed by atoms with Gasteiger partial charge in [0.05, 0.1) is 6.04 Å². The molecular formula is C24H29FN4O4S. The molecule has 0 spiro atoms. The number of primary amides is 1. The van der Waals surface area contributed by atoms with E-state index in [1.165, 1.54) is 10.4 Å². The smallest absolute Gasteiger partial charge is 0.255 e. The number of rotatable bonds is 7. The van der Waals surface area contributed by atoms with E-state index < -0.39 is 26.6 Å². The van der Waals surface area contributed by atoms with E-state index in [0.29, 0.717) is 31.7 Å². The minimum absolute atomic E-state index is 0.0444. The van der Waals surface area contributed by atoms with E-state index in [2.05, 4.69) is 5.32 Å². The first-order valence-electron chi connectivity index (χ1n) is 11.5. The van der Waals surface area contributed by atoms with Crippen molar-refractivity contribution in [3.8, 4) is 0 Å². The zero-order valence-corrected chi connectivity index (χ0v) is 19.7. The Morgan fingerprint density at radius 1 is 1.03 bits per heavy atom. The third-order valence-corrected chi connectivity index (χ3v) is 8.37. The Morgan fingerprint density at radius 3 is 2.50 bits per heavy atom. The molecule has 0 aliphatic carbocycles. The van der Waals surface area contributed by atoms with Gasteiger partial charge in [-0.3, -0.25) is 14.5 Å². The fraction of sp³-hybridized carbons (Fsp3) is 0.417. The number of nitrogens with two attached hydrogens (primary N) is 1. The maximum atomic E-state index is 14.5. The molecule has 0 radical (unpaired) electrons. The molecule has 2 aromatic rings.